The lowest BCUT2D eigenvalue weighted by atomic mass is 9.87. The van der Waals surface area contributed by atoms with Gasteiger partial charge in [-0.1, -0.05) is 11.6 Å². The number of benzene rings is 1. The summed E-state index contributed by atoms with van der Waals surface area (Å²) in [4.78, 5) is 8.51. The van der Waals surface area contributed by atoms with E-state index in [0.29, 0.717) is 36.0 Å². The largest absolute Gasteiger partial charge is 0.493 e. The molecule has 0 aliphatic carbocycles. The maximum absolute atomic E-state index is 9.67. The number of nitrogens with zero attached hydrogens (tertiary/aromatic N) is 4. The van der Waals surface area contributed by atoms with Gasteiger partial charge in [0.1, 0.15) is 29.6 Å². The number of nitriles is 1. The summed E-state index contributed by atoms with van der Waals surface area (Å²) >= 11 is 6.49. The number of fused-ring (bicyclic) bond motifs is 1. The van der Waals surface area contributed by atoms with Crippen LogP contribution in [0.4, 0.5) is 5.82 Å². The maximum Gasteiger partial charge on any atom is 0.145 e. The van der Waals surface area contributed by atoms with E-state index >= 15 is 0 Å². The second-order valence-corrected chi connectivity index (χ2v) is 7.66. The highest BCUT2D eigenvalue weighted by Crippen LogP contribution is 2.39. The van der Waals surface area contributed by atoms with E-state index in [1.807, 2.05) is 26.1 Å². The number of hydrogen-bond donors (Lipinski definition) is 2. The third-order valence-electron chi connectivity index (χ3n) is 5.43. The van der Waals surface area contributed by atoms with Crippen molar-refractivity contribution in [3.63, 3.8) is 0 Å². The van der Waals surface area contributed by atoms with Gasteiger partial charge < -0.3 is 20.4 Å². The zero-order chi connectivity index (χ0) is 20.5. The molecule has 29 heavy (non-hydrogen) atoms. The fourth-order valence-corrected chi connectivity index (χ4v) is 4.23. The van der Waals surface area contributed by atoms with Crippen molar-refractivity contribution in [3.05, 3.63) is 45.9 Å². The summed E-state index contributed by atoms with van der Waals surface area (Å²) in [6.45, 7) is 6.83. The fourth-order valence-electron chi connectivity index (χ4n) is 3.96. The van der Waals surface area contributed by atoms with Crippen molar-refractivity contribution in [3.8, 4) is 11.8 Å². The molecule has 8 heteroatoms. The van der Waals surface area contributed by atoms with E-state index < -0.39 is 0 Å². The molecule has 0 spiro atoms. The van der Waals surface area contributed by atoms with Crippen LogP contribution in [-0.2, 0) is 13.0 Å². The fraction of sp³-hybridized carbons (Fsp3) is 0.381. The number of hydrogen-bond acceptors (Lipinski definition) is 6. The highest BCUT2D eigenvalue weighted by atomic mass is 35.5. The van der Waals surface area contributed by atoms with Crippen LogP contribution in [0.2, 0.25) is 5.02 Å². The third kappa shape index (κ3) is 3.39. The van der Waals surface area contributed by atoms with Crippen molar-refractivity contribution >= 4 is 28.5 Å². The van der Waals surface area contributed by atoms with Crippen molar-refractivity contribution in [1.82, 2.24) is 19.9 Å². The van der Waals surface area contributed by atoms with Gasteiger partial charge in [0, 0.05) is 37.3 Å². The van der Waals surface area contributed by atoms with Gasteiger partial charge in [0.2, 0.25) is 0 Å². The molecule has 0 atom stereocenters. The quantitative estimate of drug-likeness (QED) is 0.647. The summed E-state index contributed by atoms with van der Waals surface area (Å²) in [5.74, 6) is 1.52. The molecule has 2 aromatic heterocycles. The van der Waals surface area contributed by atoms with Crippen molar-refractivity contribution in [2.75, 3.05) is 25.4 Å². The number of rotatable bonds is 6. The van der Waals surface area contributed by atoms with Crippen LogP contribution in [0.3, 0.4) is 0 Å². The first-order valence-corrected chi connectivity index (χ1v) is 10.1. The Balaban J connectivity index is 1.73. The maximum atomic E-state index is 9.67. The van der Waals surface area contributed by atoms with Gasteiger partial charge in [-0.2, -0.15) is 5.26 Å². The molecule has 0 amide bonds. The highest BCUT2D eigenvalue weighted by molar-refractivity contribution is 6.32. The average Bonchev–Trinajstić information content (AvgIpc) is 2.98. The van der Waals surface area contributed by atoms with Crippen LogP contribution in [0, 0.1) is 18.3 Å². The van der Waals surface area contributed by atoms with Crippen LogP contribution in [0.25, 0.3) is 11.0 Å². The highest BCUT2D eigenvalue weighted by Gasteiger charge is 2.29. The molecule has 0 bridgehead atoms. The third-order valence-corrected chi connectivity index (χ3v) is 5.73. The lowest BCUT2D eigenvalue weighted by Crippen LogP contribution is -2.40. The van der Waals surface area contributed by atoms with Gasteiger partial charge in [0.15, 0.2) is 0 Å². The number of nitrogens with two attached hydrogens (primary N) is 1. The molecule has 1 saturated heterocycles. The molecule has 1 aromatic carbocycles. The van der Waals surface area contributed by atoms with Crippen molar-refractivity contribution in [2.45, 2.75) is 32.7 Å². The second-order valence-electron chi connectivity index (χ2n) is 7.25. The molecule has 0 saturated carbocycles. The van der Waals surface area contributed by atoms with Gasteiger partial charge in [-0.3, -0.25) is 0 Å². The summed E-state index contributed by atoms with van der Waals surface area (Å²) in [5, 5.41) is 14.3. The molecule has 150 valence electrons. The Kier molecular flexibility index (Phi) is 5.31. The van der Waals surface area contributed by atoms with Crippen molar-refractivity contribution in [2.24, 2.45) is 0 Å². The van der Waals surface area contributed by atoms with E-state index in [1.165, 1.54) is 6.33 Å². The molecule has 1 fully saturated rings. The van der Waals surface area contributed by atoms with Gasteiger partial charge >= 0.3 is 0 Å². The number of halogens is 1. The van der Waals surface area contributed by atoms with Gasteiger partial charge in [-0.05, 0) is 37.5 Å². The first-order chi connectivity index (χ1) is 14.0. The minimum atomic E-state index is 0.242. The van der Waals surface area contributed by atoms with E-state index in [-0.39, 0.29) is 5.92 Å². The molecule has 0 radical (unpaired) electrons. The van der Waals surface area contributed by atoms with Gasteiger partial charge in [-0.25, -0.2) is 9.97 Å². The summed E-state index contributed by atoms with van der Waals surface area (Å²) in [7, 11) is 0. The minimum Gasteiger partial charge on any atom is -0.493 e. The smallest absolute Gasteiger partial charge is 0.145 e. The molecule has 1 aliphatic heterocycles. The molecular formula is C21H23ClN6O. The monoisotopic (exact) mass is 410 g/mol. The van der Waals surface area contributed by atoms with Crippen LogP contribution in [-0.4, -0.2) is 34.2 Å². The summed E-state index contributed by atoms with van der Waals surface area (Å²) in [6, 6.07) is 4.13. The summed E-state index contributed by atoms with van der Waals surface area (Å²) < 4.78 is 8.11. The molecule has 1 aliphatic rings. The Morgan fingerprint density at radius 1 is 1.41 bits per heavy atom. The topological polar surface area (TPSA) is 102 Å². The van der Waals surface area contributed by atoms with E-state index in [9.17, 15) is 5.26 Å². The Morgan fingerprint density at radius 3 is 2.86 bits per heavy atom. The number of nitrogens with one attached hydrogen (secondary N) is 1. The number of aromatic nitrogens is 3. The lowest BCUT2D eigenvalue weighted by molar-refractivity contribution is 0.322. The predicted molar refractivity (Wildman–Crippen MR) is 113 cm³/mol. The molecule has 7 nitrogen and oxygen atoms in total. The number of nitrogen functional groups attached to an aromatic ring is 1. The number of aryl methyl sites for hydroxylation is 3. The SMILES string of the molecule is CCOc1c(CCn2cc(C)c3c(N)ncnc32)cc(Cl)c(C#N)c1C1CNC1. The van der Waals surface area contributed by atoms with E-state index in [4.69, 9.17) is 22.1 Å². The standard InChI is InChI=1S/C21H23ClN6O/c1-3-29-19-13(6-16(22)15(7-23)18(19)14-8-25-9-14)4-5-28-10-12(2)17-20(24)26-11-27-21(17)28/h6,10-11,14,25H,3-5,8-9H2,1-2H3,(H2,24,26,27). The Morgan fingerprint density at radius 2 is 2.21 bits per heavy atom. The number of ether oxygens (including phenoxy) is 1. The van der Waals surface area contributed by atoms with E-state index in [2.05, 4.69) is 25.9 Å². The molecular weight excluding hydrogens is 388 g/mol. The van der Waals surface area contributed by atoms with Gasteiger partial charge in [0.05, 0.1) is 22.6 Å². The summed E-state index contributed by atoms with van der Waals surface area (Å²) in [6.07, 6.45) is 4.22. The molecule has 3 heterocycles. The first kappa shape index (κ1) is 19.5. The van der Waals surface area contributed by atoms with Crippen LogP contribution >= 0.6 is 11.6 Å². The Labute approximate surface area is 174 Å². The Bertz CT molecular complexity index is 1110. The van der Waals surface area contributed by atoms with Crippen LogP contribution in [0.5, 0.6) is 5.75 Å². The van der Waals surface area contributed by atoms with E-state index in [1.54, 1.807) is 0 Å². The zero-order valence-corrected chi connectivity index (χ0v) is 17.3. The molecule has 0 unspecified atom stereocenters. The first-order valence-electron chi connectivity index (χ1n) is 9.69. The second kappa shape index (κ2) is 7.90. The van der Waals surface area contributed by atoms with Crippen molar-refractivity contribution < 1.29 is 4.74 Å². The minimum absolute atomic E-state index is 0.242. The zero-order valence-electron chi connectivity index (χ0n) is 16.5. The average molecular weight is 411 g/mol. The van der Waals surface area contributed by atoms with Crippen LogP contribution in [0.1, 0.15) is 35.1 Å². The van der Waals surface area contributed by atoms with Gasteiger partial charge in [0.25, 0.3) is 0 Å². The molecule has 3 N–H and O–H groups in total. The molecule has 3 aromatic rings. The molecule has 4 rings (SSSR count). The number of anilines is 1. The van der Waals surface area contributed by atoms with E-state index in [0.717, 1.165) is 46.6 Å². The van der Waals surface area contributed by atoms with Gasteiger partial charge in [-0.15, -0.1) is 0 Å². The normalized spacial score (nSPS) is 14.0. The van der Waals surface area contributed by atoms with Crippen LogP contribution < -0.4 is 15.8 Å². The summed E-state index contributed by atoms with van der Waals surface area (Å²) in [5.41, 5.74) is 10.3. The predicted octanol–water partition coefficient (Wildman–Crippen LogP) is 3.18. The Hall–Kier alpha value is -2.82. The lowest BCUT2D eigenvalue weighted by Gasteiger charge is -2.31. The van der Waals surface area contributed by atoms with Crippen molar-refractivity contribution in [1.29, 1.82) is 5.26 Å². The van der Waals surface area contributed by atoms with Crippen LogP contribution in [0.15, 0.2) is 18.6 Å².